The van der Waals surface area contributed by atoms with Gasteiger partial charge in [-0.15, -0.1) is 0 Å². The third-order valence-electron chi connectivity index (χ3n) is 2.54. The fraction of sp³-hybridized carbons (Fsp3) is 0.800. The van der Waals surface area contributed by atoms with Crippen LogP contribution in [0.2, 0.25) is 0 Å². The van der Waals surface area contributed by atoms with Crippen molar-refractivity contribution in [2.45, 2.75) is 19.4 Å². The van der Waals surface area contributed by atoms with Gasteiger partial charge in [0.05, 0.1) is 13.2 Å². The highest BCUT2D eigenvalue weighted by Crippen LogP contribution is 2.11. The average molecular weight is 184 g/mol. The zero-order valence-corrected chi connectivity index (χ0v) is 8.46. The van der Waals surface area contributed by atoms with Crippen LogP contribution in [-0.4, -0.2) is 43.8 Å². The number of rotatable bonds is 4. The maximum Gasteiger partial charge on any atom is 0.0622 e. The number of nitrogens with zero attached hydrogens (tertiary/aromatic N) is 1. The van der Waals surface area contributed by atoms with Crippen molar-refractivity contribution in [3.63, 3.8) is 0 Å². The predicted octanol–water partition coefficient (Wildman–Crippen LogP) is 0.612. The van der Waals surface area contributed by atoms with E-state index < -0.39 is 0 Å². The van der Waals surface area contributed by atoms with E-state index in [1.807, 2.05) is 0 Å². The average Bonchev–Trinajstić information content (AvgIpc) is 2.18. The lowest BCUT2D eigenvalue weighted by Crippen LogP contribution is -2.46. The van der Waals surface area contributed by atoms with Gasteiger partial charge in [0.15, 0.2) is 0 Å². The zero-order valence-electron chi connectivity index (χ0n) is 8.46. The molecule has 0 amide bonds. The van der Waals surface area contributed by atoms with Gasteiger partial charge in [-0.05, 0) is 12.0 Å². The minimum Gasteiger partial charge on any atom is -0.378 e. The Hall–Kier alpha value is -0.380. The van der Waals surface area contributed by atoms with Crippen LogP contribution in [0.5, 0.6) is 0 Å². The highest BCUT2D eigenvalue weighted by molar-refractivity contribution is 5.00. The van der Waals surface area contributed by atoms with E-state index in [0.29, 0.717) is 12.6 Å². The summed E-state index contributed by atoms with van der Waals surface area (Å²) in [4.78, 5) is 2.42. The summed E-state index contributed by atoms with van der Waals surface area (Å²) in [5, 5.41) is 0. The summed E-state index contributed by atoms with van der Waals surface area (Å²) in [6, 6.07) is 0.553. The molecule has 3 heteroatoms. The Balaban J connectivity index is 2.40. The maximum absolute atomic E-state index is 5.52. The van der Waals surface area contributed by atoms with E-state index in [1.54, 1.807) is 0 Å². The predicted molar refractivity (Wildman–Crippen MR) is 54.7 cm³/mol. The minimum absolute atomic E-state index is 0.553. The SMILES string of the molecule is C=C(CN)CN1CCOCC1CC. The summed E-state index contributed by atoms with van der Waals surface area (Å²) in [5.74, 6) is 0. The molecular formula is C10H20N2O. The molecule has 13 heavy (non-hydrogen) atoms. The molecule has 0 spiro atoms. The van der Waals surface area contributed by atoms with E-state index in [0.717, 1.165) is 38.3 Å². The van der Waals surface area contributed by atoms with Crippen molar-refractivity contribution in [1.82, 2.24) is 4.90 Å². The Morgan fingerprint density at radius 2 is 2.46 bits per heavy atom. The maximum atomic E-state index is 5.52. The van der Waals surface area contributed by atoms with E-state index in [9.17, 15) is 0 Å². The first-order valence-electron chi connectivity index (χ1n) is 4.96. The summed E-state index contributed by atoms with van der Waals surface area (Å²) >= 11 is 0. The topological polar surface area (TPSA) is 38.5 Å². The molecule has 0 saturated carbocycles. The van der Waals surface area contributed by atoms with E-state index in [4.69, 9.17) is 10.5 Å². The highest BCUT2D eigenvalue weighted by Gasteiger charge is 2.20. The molecule has 0 aromatic rings. The van der Waals surface area contributed by atoms with E-state index in [2.05, 4.69) is 18.4 Å². The molecule has 1 heterocycles. The van der Waals surface area contributed by atoms with Crippen LogP contribution in [0.15, 0.2) is 12.2 Å². The first-order chi connectivity index (χ1) is 6.27. The molecule has 1 unspecified atom stereocenters. The Morgan fingerprint density at radius 1 is 1.69 bits per heavy atom. The van der Waals surface area contributed by atoms with E-state index in [-0.39, 0.29) is 0 Å². The standard InChI is InChI=1S/C10H20N2O/c1-3-10-8-13-5-4-12(10)7-9(2)6-11/h10H,2-8,11H2,1H3. The van der Waals surface area contributed by atoms with Crippen molar-refractivity contribution < 1.29 is 4.74 Å². The van der Waals surface area contributed by atoms with Gasteiger partial charge in [0.25, 0.3) is 0 Å². The minimum atomic E-state index is 0.553. The third kappa shape index (κ3) is 3.10. The number of hydrogen-bond donors (Lipinski definition) is 1. The van der Waals surface area contributed by atoms with Gasteiger partial charge >= 0.3 is 0 Å². The fourth-order valence-electron chi connectivity index (χ4n) is 1.63. The lowest BCUT2D eigenvalue weighted by molar-refractivity contribution is -0.00400. The number of ether oxygens (including phenoxy) is 1. The number of morpholine rings is 1. The van der Waals surface area contributed by atoms with Gasteiger partial charge in [-0.2, -0.15) is 0 Å². The van der Waals surface area contributed by atoms with Crippen molar-refractivity contribution in [2.24, 2.45) is 5.73 Å². The van der Waals surface area contributed by atoms with Gasteiger partial charge in [0, 0.05) is 25.7 Å². The lowest BCUT2D eigenvalue weighted by Gasteiger charge is -2.35. The summed E-state index contributed by atoms with van der Waals surface area (Å²) in [5.41, 5.74) is 6.63. The molecule has 0 aromatic carbocycles. The molecule has 1 aliphatic rings. The van der Waals surface area contributed by atoms with Gasteiger partial charge in [-0.3, -0.25) is 4.90 Å². The molecule has 0 aliphatic carbocycles. The molecule has 0 radical (unpaired) electrons. The molecule has 2 N–H and O–H groups in total. The van der Waals surface area contributed by atoms with Crippen LogP contribution in [0, 0.1) is 0 Å². The smallest absolute Gasteiger partial charge is 0.0622 e. The van der Waals surface area contributed by atoms with Crippen molar-refractivity contribution in [3.8, 4) is 0 Å². The molecule has 1 aliphatic heterocycles. The van der Waals surface area contributed by atoms with Crippen molar-refractivity contribution >= 4 is 0 Å². The van der Waals surface area contributed by atoms with Gasteiger partial charge in [-0.25, -0.2) is 0 Å². The quantitative estimate of drug-likeness (QED) is 0.651. The number of nitrogens with two attached hydrogens (primary N) is 1. The van der Waals surface area contributed by atoms with Crippen LogP contribution in [-0.2, 0) is 4.74 Å². The van der Waals surface area contributed by atoms with Crippen molar-refractivity contribution in [2.75, 3.05) is 32.8 Å². The van der Waals surface area contributed by atoms with E-state index >= 15 is 0 Å². The van der Waals surface area contributed by atoms with Crippen LogP contribution in [0.25, 0.3) is 0 Å². The van der Waals surface area contributed by atoms with Crippen LogP contribution in [0.3, 0.4) is 0 Å². The Morgan fingerprint density at radius 3 is 3.08 bits per heavy atom. The van der Waals surface area contributed by atoms with Gasteiger partial charge < -0.3 is 10.5 Å². The summed E-state index contributed by atoms with van der Waals surface area (Å²) in [6.07, 6.45) is 1.14. The third-order valence-corrected chi connectivity index (χ3v) is 2.54. The van der Waals surface area contributed by atoms with Crippen LogP contribution in [0.4, 0.5) is 0 Å². The summed E-state index contributed by atoms with van der Waals surface area (Å²) in [7, 11) is 0. The van der Waals surface area contributed by atoms with E-state index in [1.165, 1.54) is 0 Å². The Bertz CT molecular complexity index is 170. The molecule has 1 rings (SSSR count). The largest absolute Gasteiger partial charge is 0.378 e. The molecule has 0 aromatic heterocycles. The molecule has 3 nitrogen and oxygen atoms in total. The number of hydrogen-bond acceptors (Lipinski definition) is 3. The Kier molecular flexibility index (Phi) is 4.42. The monoisotopic (exact) mass is 184 g/mol. The van der Waals surface area contributed by atoms with Gasteiger partial charge in [0.1, 0.15) is 0 Å². The molecule has 1 fully saturated rings. The second-order valence-electron chi connectivity index (χ2n) is 3.56. The fourth-order valence-corrected chi connectivity index (χ4v) is 1.63. The lowest BCUT2D eigenvalue weighted by atomic mass is 10.1. The Labute approximate surface area is 80.5 Å². The second-order valence-corrected chi connectivity index (χ2v) is 3.56. The molecule has 1 atom stereocenters. The zero-order chi connectivity index (χ0) is 9.68. The molecule has 1 saturated heterocycles. The normalized spacial score (nSPS) is 24.6. The van der Waals surface area contributed by atoms with Crippen LogP contribution in [0.1, 0.15) is 13.3 Å². The first-order valence-corrected chi connectivity index (χ1v) is 4.96. The van der Waals surface area contributed by atoms with Gasteiger partial charge in [0.2, 0.25) is 0 Å². The molecule has 76 valence electrons. The first kappa shape index (κ1) is 10.7. The highest BCUT2D eigenvalue weighted by atomic mass is 16.5. The summed E-state index contributed by atoms with van der Waals surface area (Å²) < 4.78 is 5.42. The molecule has 0 bridgehead atoms. The van der Waals surface area contributed by atoms with Crippen LogP contribution >= 0.6 is 0 Å². The molecular weight excluding hydrogens is 164 g/mol. The summed E-state index contributed by atoms with van der Waals surface area (Å²) in [6.45, 7) is 10.3. The second kappa shape index (κ2) is 5.37. The van der Waals surface area contributed by atoms with Crippen molar-refractivity contribution in [1.29, 1.82) is 0 Å². The van der Waals surface area contributed by atoms with Crippen molar-refractivity contribution in [3.05, 3.63) is 12.2 Å². The van der Waals surface area contributed by atoms with Gasteiger partial charge in [-0.1, -0.05) is 13.5 Å². The van der Waals surface area contributed by atoms with Crippen LogP contribution < -0.4 is 5.73 Å².